The van der Waals surface area contributed by atoms with Crippen molar-refractivity contribution in [1.29, 1.82) is 0 Å². The molecule has 0 saturated carbocycles. The number of sulfonamides is 1. The number of hydrogen-bond donors (Lipinski definition) is 0. The second-order valence-corrected chi connectivity index (χ2v) is 9.10. The van der Waals surface area contributed by atoms with Gasteiger partial charge in [-0.1, -0.05) is 41.9 Å². The average Bonchev–Trinajstić information content (AvgIpc) is 3.27. The Morgan fingerprint density at radius 2 is 1.69 bits per heavy atom. The molecule has 0 aromatic heterocycles. The van der Waals surface area contributed by atoms with Gasteiger partial charge in [0.1, 0.15) is 4.90 Å². The molecule has 29 heavy (non-hydrogen) atoms. The van der Waals surface area contributed by atoms with Crippen LogP contribution in [0.1, 0.15) is 46.4 Å². The molecule has 0 atom stereocenters. The van der Waals surface area contributed by atoms with Crippen molar-refractivity contribution in [2.24, 2.45) is 0 Å². The van der Waals surface area contributed by atoms with E-state index in [0.29, 0.717) is 25.1 Å². The molecule has 8 heteroatoms. The monoisotopic (exact) mass is 435 g/mol. The molecular weight excluding hydrogens is 414 g/mol. The van der Waals surface area contributed by atoms with Crippen LogP contribution in [-0.4, -0.2) is 44.2 Å². The van der Waals surface area contributed by atoms with Gasteiger partial charge in [0.15, 0.2) is 5.78 Å². The van der Waals surface area contributed by atoms with Gasteiger partial charge in [-0.3, -0.25) is 4.79 Å². The van der Waals surface area contributed by atoms with Crippen molar-refractivity contribution in [2.75, 3.05) is 19.7 Å². The Balaban J connectivity index is 1.59. The number of esters is 1. The van der Waals surface area contributed by atoms with Crippen molar-refractivity contribution in [3.63, 3.8) is 0 Å². The fraction of sp³-hybridized carbons (Fsp3) is 0.333. The Labute approximate surface area is 175 Å². The van der Waals surface area contributed by atoms with Gasteiger partial charge in [0.25, 0.3) is 0 Å². The maximum Gasteiger partial charge on any atom is 0.338 e. The molecule has 0 bridgehead atoms. The Morgan fingerprint density at radius 1 is 1.00 bits per heavy atom. The van der Waals surface area contributed by atoms with E-state index in [0.717, 1.165) is 12.8 Å². The fourth-order valence-electron chi connectivity index (χ4n) is 3.14. The molecule has 0 amide bonds. The van der Waals surface area contributed by atoms with Crippen LogP contribution < -0.4 is 0 Å². The van der Waals surface area contributed by atoms with Crippen molar-refractivity contribution < 1.29 is 22.7 Å². The second kappa shape index (κ2) is 9.52. The van der Waals surface area contributed by atoms with Gasteiger partial charge in [-0.25, -0.2) is 13.2 Å². The number of halogens is 1. The van der Waals surface area contributed by atoms with E-state index in [1.807, 2.05) is 6.07 Å². The minimum Gasteiger partial charge on any atom is -0.462 e. The van der Waals surface area contributed by atoms with E-state index in [1.165, 1.54) is 22.5 Å². The first-order valence-electron chi connectivity index (χ1n) is 9.44. The molecule has 0 radical (unpaired) electrons. The van der Waals surface area contributed by atoms with E-state index in [1.54, 1.807) is 24.3 Å². The second-order valence-electron chi connectivity index (χ2n) is 6.79. The van der Waals surface area contributed by atoms with E-state index < -0.39 is 16.0 Å². The average molecular weight is 436 g/mol. The number of ether oxygens (including phenoxy) is 1. The van der Waals surface area contributed by atoms with Gasteiger partial charge in [-0.2, -0.15) is 4.31 Å². The molecule has 1 fully saturated rings. The minimum atomic E-state index is -3.74. The zero-order valence-electron chi connectivity index (χ0n) is 15.8. The predicted octanol–water partition coefficient (Wildman–Crippen LogP) is 3.94. The zero-order valence-corrected chi connectivity index (χ0v) is 17.4. The van der Waals surface area contributed by atoms with E-state index in [4.69, 9.17) is 16.3 Å². The van der Waals surface area contributed by atoms with Crippen LogP contribution in [0.15, 0.2) is 53.4 Å². The number of rotatable bonds is 8. The van der Waals surface area contributed by atoms with Gasteiger partial charge >= 0.3 is 5.97 Å². The Kier molecular flexibility index (Phi) is 7.05. The summed E-state index contributed by atoms with van der Waals surface area (Å²) in [6.07, 6.45) is 2.25. The summed E-state index contributed by atoms with van der Waals surface area (Å²) in [5.41, 5.74) is 0.731. The standard InChI is InChI=1S/C21H22ClNO5S/c22-18-11-10-17(15-20(18)29(26,27)23-12-4-5-13-23)21(25)28-14-6-9-19(24)16-7-2-1-3-8-16/h1-3,7-8,10-11,15H,4-6,9,12-14H2. The Hall–Kier alpha value is -2.22. The third-order valence-corrected chi connectivity index (χ3v) is 7.11. The highest BCUT2D eigenvalue weighted by Crippen LogP contribution is 2.28. The molecule has 0 unspecified atom stereocenters. The summed E-state index contributed by atoms with van der Waals surface area (Å²) in [5.74, 6) is -0.668. The van der Waals surface area contributed by atoms with Crippen LogP contribution in [0.4, 0.5) is 0 Å². The van der Waals surface area contributed by atoms with Crippen LogP contribution in [0.2, 0.25) is 5.02 Å². The van der Waals surface area contributed by atoms with E-state index in [9.17, 15) is 18.0 Å². The molecule has 3 rings (SSSR count). The normalized spacial score (nSPS) is 14.7. The molecule has 154 valence electrons. The van der Waals surface area contributed by atoms with Gasteiger partial charge in [0.2, 0.25) is 10.0 Å². The van der Waals surface area contributed by atoms with Crippen LogP contribution in [-0.2, 0) is 14.8 Å². The number of carbonyl (C=O) groups is 2. The van der Waals surface area contributed by atoms with Gasteiger partial charge in [-0.05, 0) is 37.5 Å². The molecule has 0 spiro atoms. The minimum absolute atomic E-state index is 0.0212. The first-order chi connectivity index (χ1) is 13.9. The molecule has 0 N–H and O–H groups in total. The zero-order chi connectivity index (χ0) is 20.9. The van der Waals surface area contributed by atoms with Crippen LogP contribution in [0.25, 0.3) is 0 Å². The molecule has 2 aromatic rings. The van der Waals surface area contributed by atoms with E-state index >= 15 is 0 Å². The van der Waals surface area contributed by atoms with Crippen molar-refractivity contribution >= 4 is 33.4 Å². The molecule has 0 aliphatic carbocycles. The number of nitrogens with zero attached hydrogens (tertiary/aromatic N) is 1. The third kappa shape index (κ3) is 5.23. The van der Waals surface area contributed by atoms with Crippen LogP contribution >= 0.6 is 11.6 Å². The van der Waals surface area contributed by atoms with Crippen molar-refractivity contribution in [3.05, 3.63) is 64.7 Å². The largest absolute Gasteiger partial charge is 0.462 e. The van der Waals surface area contributed by atoms with Crippen LogP contribution in [0, 0.1) is 0 Å². The predicted molar refractivity (Wildman–Crippen MR) is 110 cm³/mol. The summed E-state index contributed by atoms with van der Waals surface area (Å²) in [6.45, 7) is 0.958. The van der Waals surface area contributed by atoms with Gasteiger partial charge < -0.3 is 4.74 Å². The smallest absolute Gasteiger partial charge is 0.338 e. The Morgan fingerprint density at radius 3 is 2.38 bits per heavy atom. The maximum absolute atomic E-state index is 12.8. The molecule has 1 aliphatic rings. The molecule has 1 heterocycles. The van der Waals surface area contributed by atoms with Crippen molar-refractivity contribution in [2.45, 2.75) is 30.6 Å². The number of hydrogen-bond acceptors (Lipinski definition) is 5. The summed E-state index contributed by atoms with van der Waals surface area (Å²) in [5, 5.41) is 0.0712. The van der Waals surface area contributed by atoms with Crippen molar-refractivity contribution in [1.82, 2.24) is 4.31 Å². The molecule has 6 nitrogen and oxygen atoms in total. The van der Waals surface area contributed by atoms with E-state index in [2.05, 4.69) is 0 Å². The first kappa shape index (κ1) is 21.5. The van der Waals surface area contributed by atoms with Crippen LogP contribution in [0.3, 0.4) is 0 Å². The quantitative estimate of drug-likeness (QED) is 0.356. The van der Waals surface area contributed by atoms with Gasteiger partial charge in [0, 0.05) is 25.1 Å². The summed E-state index contributed by atoms with van der Waals surface area (Å²) in [7, 11) is -3.74. The van der Waals surface area contributed by atoms with E-state index in [-0.39, 0.29) is 34.3 Å². The number of benzene rings is 2. The lowest BCUT2D eigenvalue weighted by atomic mass is 10.1. The Bertz CT molecular complexity index is 985. The first-order valence-corrected chi connectivity index (χ1v) is 11.3. The summed E-state index contributed by atoms with van der Waals surface area (Å²) >= 11 is 6.09. The number of carbonyl (C=O) groups excluding carboxylic acids is 2. The SMILES string of the molecule is O=C(CCCOC(=O)c1ccc(Cl)c(S(=O)(=O)N2CCCC2)c1)c1ccccc1. The number of Topliss-reactive ketones (excluding diaryl/α,β-unsaturated/α-hetero) is 1. The lowest BCUT2D eigenvalue weighted by Gasteiger charge is -2.17. The van der Waals surface area contributed by atoms with Gasteiger partial charge in [-0.15, -0.1) is 0 Å². The third-order valence-electron chi connectivity index (χ3n) is 4.73. The highest BCUT2D eigenvalue weighted by atomic mass is 35.5. The molecule has 1 aliphatic heterocycles. The summed E-state index contributed by atoms with van der Waals surface area (Å²) < 4.78 is 32.1. The lowest BCUT2D eigenvalue weighted by molar-refractivity contribution is 0.0494. The summed E-state index contributed by atoms with van der Waals surface area (Å²) in [4.78, 5) is 24.3. The van der Waals surface area contributed by atoms with Crippen molar-refractivity contribution in [3.8, 4) is 0 Å². The molecule has 2 aromatic carbocycles. The summed E-state index contributed by atoms with van der Waals surface area (Å²) in [6, 6.07) is 13.0. The highest BCUT2D eigenvalue weighted by Gasteiger charge is 2.29. The fourth-order valence-corrected chi connectivity index (χ4v) is 5.16. The lowest BCUT2D eigenvalue weighted by Crippen LogP contribution is -2.28. The topological polar surface area (TPSA) is 80.8 Å². The van der Waals surface area contributed by atoms with Crippen LogP contribution in [0.5, 0.6) is 0 Å². The van der Waals surface area contributed by atoms with Gasteiger partial charge in [0.05, 0.1) is 17.2 Å². The maximum atomic E-state index is 12.8. The molecular formula is C21H22ClNO5S. The molecule has 1 saturated heterocycles. The highest BCUT2D eigenvalue weighted by molar-refractivity contribution is 7.89. The number of ketones is 1.